The van der Waals surface area contributed by atoms with E-state index >= 15 is 0 Å². The number of rotatable bonds is 5. The smallest absolute Gasteiger partial charge is 0.221 e. The maximum atomic E-state index is 11.9. The maximum absolute atomic E-state index is 11.9. The summed E-state index contributed by atoms with van der Waals surface area (Å²) >= 11 is 6.05. The van der Waals surface area contributed by atoms with E-state index < -0.39 is 0 Å². The summed E-state index contributed by atoms with van der Waals surface area (Å²) in [4.78, 5) is 27.2. The summed E-state index contributed by atoms with van der Waals surface area (Å²) in [5.41, 5.74) is 0.924. The van der Waals surface area contributed by atoms with Crippen molar-refractivity contribution in [3.8, 4) is 0 Å². The van der Waals surface area contributed by atoms with Crippen LogP contribution in [0.15, 0.2) is 24.3 Å². The molecular formula is C16H22ClN3O2. The van der Waals surface area contributed by atoms with E-state index in [0.29, 0.717) is 18.0 Å². The van der Waals surface area contributed by atoms with Crippen molar-refractivity contribution in [2.75, 3.05) is 32.7 Å². The zero-order valence-electron chi connectivity index (χ0n) is 12.8. The molecule has 0 radical (unpaired) electrons. The first kappa shape index (κ1) is 16.8. The van der Waals surface area contributed by atoms with E-state index in [0.717, 1.165) is 38.3 Å². The lowest BCUT2D eigenvalue weighted by Gasteiger charge is -2.34. The van der Waals surface area contributed by atoms with Gasteiger partial charge in [-0.3, -0.25) is 14.5 Å². The molecule has 1 aromatic rings. The van der Waals surface area contributed by atoms with Crippen molar-refractivity contribution in [3.63, 3.8) is 0 Å². The molecule has 6 heteroatoms. The summed E-state index contributed by atoms with van der Waals surface area (Å²) in [6.07, 6.45) is 0.463. The molecule has 2 amide bonds. The molecule has 5 nitrogen and oxygen atoms in total. The van der Waals surface area contributed by atoms with Gasteiger partial charge in [0.2, 0.25) is 11.8 Å². The van der Waals surface area contributed by atoms with Crippen molar-refractivity contribution in [1.82, 2.24) is 15.1 Å². The van der Waals surface area contributed by atoms with Crippen LogP contribution in [0.2, 0.25) is 5.02 Å². The van der Waals surface area contributed by atoms with Crippen molar-refractivity contribution in [2.24, 2.45) is 0 Å². The van der Waals surface area contributed by atoms with Crippen molar-refractivity contribution in [3.05, 3.63) is 34.9 Å². The second-order valence-corrected chi connectivity index (χ2v) is 5.87. The van der Waals surface area contributed by atoms with Gasteiger partial charge in [-0.25, -0.2) is 0 Å². The molecular weight excluding hydrogens is 302 g/mol. The van der Waals surface area contributed by atoms with Crippen LogP contribution in [-0.2, 0) is 16.1 Å². The average molecular weight is 324 g/mol. The fourth-order valence-electron chi connectivity index (χ4n) is 2.47. The number of halogens is 1. The van der Waals surface area contributed by atoms with Gasteiger partial charge < -0.3 is 10.2 Å². The molecule has 1 saturated heterocycles. The number of carbonyl (C=O) groups excluding carboxylic acids is 2. The van der Waals surface area contributed by atoms with Gasteiger partial charge in [-0.2, -0.15) is 0 Å². The SMILES string of the molecule is CC(=O)N1CCN(CCC(=O)NCc2ccccc2Cl)CC1. The summed E-state index contributed by atoms with van der Waals surface area (Å²) < 4.78 is 0. The molecule has 1 N–H and O–H groups in total. The number of carbonyl (C=O) groups is 2. The van der Waals surface area contributed by atoms with E-state index in [-0.39, 0.29) is 11.8 Å². The summed E-state index contributed by atoms with van der Waals surface area (Å²) in [6.45, 7) is 5.93. The number of amides is 2. The predicted molar refractivity (Wildman–Crippen MR) is 86.6 cm³/mol. The minimum atomic E-state index is 0.0221. The van der Waals surface area contributed by atoms with Gasteiger partial charge in [0.1, 0.15) is 0 Å². The van der Waals surface area contributed by atoms with E-state index in [1.54, 1.807) is 6.92 Å². The van der Waals surface area contributed by atoms with Crippen LogP contribution in [0, 0.1) is 0 Å². The quantitative estimate of drug-likeness (QED) is 0.893. The number of hydrogen-bond acceptors (Lipinski definition) is 3. The summed E-state index contributed by atoms with van der Waals surface area (Å²) in [7, 11) is 0. The van der Waals surface area contributed by atoms with Gasteiger partial charge in [-0.1, -0.05) is 29.8 Å². The molecule has 120 valence electrons. The predicted octanol–water partition coefficient (Wildman–Crippen LogP) is 1.51. The molecule has 0 atom stereocenters. The van der Waals surface area contributed by atoms with E-state index in [4.69, 9.17) is 11.6 Å². The Morgan fingerprint density at radius 1 is 1.18 bits per heavy atom. The topological polar surface area (TPSA) is 52.7 Å². The lowest BCUT2D eigenvalue weighted by Crippen LogP contribution is -2.48. The van der Waals surface area contributed by atoms with Crippen molar-refractivity contribution in [1.29, 1.82) is 0 Å². The molecule has 0 spiro atoms. The van der Waals surface area contributed by atoms with Gasteiger partial charge in [-0.05, 0) is 11.6 Å². The Bertz CT molecular complexity index is 528. The van der Waals surface area contributed by atoms with Gasteiger partial charge in [0.25, 0.3) is 0 Å². The maximum Gasteiger partial charge on any atom is 0.221 e. The highest BCUT2D eigenvalue weighted by Gasteiger charge is 2.18. The van der Waals surface area contributed by atoms with Gasteiger partial charge in [0.05, 0.1) is 0 Å². The van der Waals surface area contributed by atoms with Gasteiger partial charge >= 0.3 is 0 Å². The standard InChI is InChI=1S/C16H22ClN3O2/c1-13(21)20-10-8-19(9-11-20)7-6-16(22)18-12-14-4-2-3-5-15(14)17/h2-5H,6-12H2,1H3,(H,18,22). The molecule has 0 unspecified atom stereocenters. The normalized spacial score (nSPS) is 15.6. The highest BCUT2D eigenvalue weighted by atomic mass is 35.5. The summed E-state index contributed by atoms with van der Waals surface area (Å²) in [6, 6.07) is 7.50. The Kier molecular flexibility index (Phi) is 6.21. The van der Waals surface area contributed by atoms with Crippen LogP contribution in [0.3, 0.4) is 0 Å². The molecule has 1 aliphatic heterocycles. The minimum Gasteiger partial charge on any atom is -0.352 e. The molecule has 1 aromatic carbocycles. The van der Waals surface area contributed by atoms with Gasteiger partial charge in [0.15, 0.2) is 0 Å². The number of hydrogen-bond donors (Lipinski definition) is 1. The number of piperazine rings is 1. The molecule has 22 heavy (non-hydrogen) atoms. The number of nitrogens with one attached hydrogen (secondary N) is 1. The molecule has 0 saturated carbocycles. The third kappa shape index (κ3) is 5.00. The average Bonchev–Trinajstić information content (AvgIpc) is 2.52. The minimum absolute atomic E-state index is 0.0221. The zero-order chi connectivity index (χ0) is 15.9. The fourth-order valence-corrected chi connectivity index (χ4v) is 2.67. The molecule has 0 aliphatic carbocycles. The third-order valence-corrected chi connectivity index (χ3v) is 4.28. The Morgan fingerprint density at radius 3 is 2.50 bits per heavy atom. The van der Waals surface area contributed by atoms with Crippen molar-refractivity contribution < 1.29 is 9.59 Å². The second-order valence-electron chi connectivity index (χ2n) is 5.47. The fraction of sp³-hybridized carbons (Fsp3) is 0.500. The first-order chi connectivity index (χ1) is 10.6. The summed E-state index contributed by atoms with van der Waals surface area (Å²) in [5.74, 6) is 0.144. The number of nitrogens with zero attached hydrogens (tertiary/aromatic N) is 2. The molecule has 2 rings (SSSR count). The molecule has 1 aliphatic rings. The molecule has 0 aromatic heterocycles. The van der Waals surface area contributed by atoms with E-state index in [9.17, 15) is 9.59 Å². The molecule has 1 fully saturated rings. The zero-order valence-corrected chi connectivity index (χ0v) is 13.6. The Balaban J connectivity index is 1.66. The summed E-state index contributed by atoms with van der Waals surface area (Å²) in [5, 5.41) is 3.56. The lowest BCUT2D eigenvalue weighted by molar-refractivity contribution is -0.131. The second kappa shape index (κ2) is 8.15. The highest BCUT2D eigenvalue weighted by Crippen LogP contribution is 2.14. The largest absolute Gasteiger partial charge is 0.352 e. The number of benzene rings is 1. The lowest BCUT2D eigenvalue weighted by atomic mass is 10.2. The molecule has 0 bridgehead atoms. The Hall–Kier alpha value is -1.59. The van der Waals surface area contributed by atoms with Crippen LogP contribution >= 0.6 is 11.6 Å². The van der Waals surface area contributed by atoms with Gasteiger partial charge in [0, 0.05) is 57.6 Å². The van der Waals surface area contributed by atoms with E-state index in [2.05, 4.69) is 10.2 Å². The highest BCUT2D eigenvalue weighted by molar-refractivity contribution is 6.31. The van der Waals surface area contributed by atoms with Gasteiger partial charge in [-0.15, -0.1) is 0 Å². The van der Waals surface area contributed by atoms with Crippen LogP contribution in [0.1, 0.15) is 18.9 Å². The van der Waals surface area contributed by atoms with Crippen LogP contribution in [0.4, 0.5) is 0 Å². The molecule has 1 heterocycles. The Labute approximate surface area is 136 Å². The monoisotopic (exact) mass is 323 g/mol. The van der Waals surface area contributed by atoms with E-state index in [1.807, 2.05) is 29.2 Å². The van der Waals surface area contributed by atoms with Crippen LogP contribution in [-0.4, -0.2) is 54.3 Å². The van der Waals surface area contributed by atoms with Crippen LogP contribution in [0.5, 0.6) is 0 Å². The first-order valence-electron chi connectivity index (χ1n) is 7.54. The van der Waals surface area contributed by atoms with E-state index in [1.165, 1.54) is 0 Å². The first-order valence-corrected chi connectivity index (χ1v) is 7.92. The van der Waals surface area contributed by atoms with Crippen molar-refractivity contribution in [2.45, 2.75) is 19.9 Å². The third-order valence-electron chi connectivity index (χ3n) is 3.91. The van der Waals surface area contributed by atoms with Crippen LogP contribution in [0.25, 0.3) is 0 Å². The van der Waals surface area contributed by atoms with Crippen molar-refractivity contribution >= 4 is 23.4 Å². The van der Waals surface area contributed by atoms with Crippen LogP contribution < -0.4 is 5.32 Å². The Morgan fingerprint density at radius 2 is 1.86 bits per heavy atom.